The van der Waals surface area contributed by atoms with Crippen LogP contribution in [0.15, 0.2) is 0 Å². The van der Waals surface area contributed by atoms with Gasteiger partial charge in [-0.05, 0) is 58.5 Å². The van der Waals surface area contributed by atoms with Gasteiger partial charge < -0.3 is 10.2 Å². The van der Waals surface area contributed by atoms with Gasteiger partial charge in [0.05, 0.1) is 0 Å². The van der Waals surface area contributed by atoms with Crippen LogP contribution in [-0.2, 0) is 0 Å². The second kappa shape index (κ2) is 7.64. The van der Waals surface area contributed by atoms with Crippen LogP contribution in [0.4, 0.5) is 0 Å². The van der Waals surface area contributed by atoms with Crippen molar-refractivity contribution in [2.75, 3.05) is 26.2 Å². The van der Waals surface area contributed by atoms with Crippen molar-refractivity contribution < 1.29 is 0 Å². The van der Waals surface area contributed by atoms with Gasteiger partial charge in [-0.15, -0.1) is 0 Å². The Morgan fingerprint density at radius 1 is 1.05 bits per heavy atom. The van der Waals surface area contributed by atoms with Crippen LogP contribution in [0, 0.1) is 5.41 Å². The lowest BCUT2D eigenvalue weighted by molar-refractivity contribution is 0.0976. The lowest BCUT2D eigenvalue weighted by atomic mass is 9.73. The molecule has 1 N–H and O–H groups in total. The van der Waals surface area contributed by atoms with Crippen molar-refractivity contribution >= 4 is 0 Å². The van der Waals surface area contributed by atoms with Crippen molar-refractivity contribution in [1.29, 1.82) is 0 Å². The second-order valence-electron chi connectivity index (χ2n) is 7.53. The lowest BCUT2D eigenvalue weighted by Crippen LogP contribution is -2.49. The summed E-state index contributed by atoms with van der Waals surface area (Å²) in [5, 5.41) is 3.78. The number of hydrogen-bond acceptors (Lipinski definition) is 2. The molecule has 1 rings (SSSR count). The zero-order chi connectivity index (χ0) is 14.4. The third kappa shape index (κ3) is 6.27. The van der Waals surface area contributed by atoms with Gasteiger partial charge in [-0.3, -0.25) is 0 Å². The highest BCUT2D eigenvalue weighted by atomic mass is 15.1. The largest absolute Gasteiger partial charge is 0.311 e. The van der Waals surface area contributed by atoms with Gasteiger partial charge in [0.15, 0.2) is 0 Å². The molecule has 0 unspecified atom stereocenters. The van der Waals surface area contributed by atoms with Crippen LogP contribution in [0.1, 0.15) is 73.1 Å². The summed E-state index contributed by atoms with van der Waals surface area (Å²) in [5.74, 6) is 0. The molecule has 0 amide bonds. The highest BCUT2D eigenvalue weighted by molar-refractivity contribution is 4.89. The van der Waals surface area contributed by atoms with Gasteiger partial charge in [0.2, 0.25) is 0 Å². The first-order valence-electron chi connectivity index (χ1n) is 8.38. The quantitative estimate of drug-likeness (QED) is 0.749. The standard InChI is InChI=1S/C17H36N2/c1-6-13-19(7-2)15-17(11-9-8-10-12-17)14-18-16(3,4)5/h18H,6-15H2,1-5H3. The van der Waals surface area contributed by atoms with Gasteiger partial charge in [0, 0.05) is 18.6 Å². The molecule has 114 valence electrons. The van der Waals surface area contributed by atoms with Gasteiger partial charge in [0.25, 0.3) is 0 Å². The smallest absolute Gasteiger partial charge is 0.00967 e. The molecule has 0 radical (unpaired) electrons. The molecule has 1 fully saturated rings. The summed E-state index contributed by atoms with van der Waals surface area (Å²) >= 11 is 0. The predicted octanol–water partition coefficient (Wildman–Crippen LogP) is 4.06. The summed E-state index contributed by atoms with van der Waals surface area (Å²) in [5.41, 5.74) is 0.767. The molecular formula is C17H36N2. The average Bonchev–Trinajstić information content (AvgIpc) is 2.36. The number of nitrogens with one attached hydrogen (secondary N) is 1. The molecule has 0 bridgehead atoms. The first-order valence-corrected chi connectivity index (χ1v) is 8.38. The summed E-state index contributed by atoms with van der Waals surface area (Å²) in [6, 6.07) is 0. The summed E-state index contributed by atoms with van der Waals surface area (Å²) in [7, 11) is 0. The van der Waals surface area contributed by atoms with Gasteiger partial charge in [-0.25, -0.2) is 0 Å². The first kappa shape index (κ1) is 17.0. The maximum absolute atomic E-state index is 3.78. The summed E-state index contributed by atoms with van der Waals surface area (Å²) in [6.07, 6.45) is 8.39. The Balaban J connectivity index is 2.63. The minimum atomic E-state index is 0.242. The van der Waals surface area contributed by atoms with E-state index in [2.05, 4.69) is 44.8 Å². The van der Waals surface area contributed by atoms with Gasteiger partial charge in [0.1, 0.15) is 0 Å². The number of nitrogens with zero attached hydrogens (tertiary/aromatic N) is 1. The molecule has 2 nitrogen and oxygen atoms in total. The Kier molecular flexibility index (Phi) is 6.82. The van der Waals surface area contributed by atoms with Crippen LogP contribution in [-0.4, -0.2) is 36.6 Å². The van der Waals surface area contributed by atoms with Gasteiger partial charge >= 0.3 is 0 Å². The maximum atomic E-state index is 3.78. The van der Waals surface area contributed by atoms with Crippen molar-refractivity contribution in [2.24, 2.45) is 5.41 Å². The Labute approximate surface area is 121 Å². The molecule has 0 aromatic carbocycles. The van der Waals surface area contributed by atoms with E-state index in [4.69, 9.17) is 0 Å². The van der Waals surface area contributed by atoms with E-state index in [-0.39, 0.29) is 5.54 Å². The lowest BCUT2D eigenvalue weighted by Gasteiger charge is -2.43. The SMILES string of the molecule is CCCN(CC)CC1(CNC(C)(C)C)CCCCC1. The number of hydrogen-bond donors (Lipinski definition) is 1. The molecule has 0 aromatic rings. The molecule has 1 aliphatic carbocycles. The van der Waals surface area contributed by atoms with E-state index in [0.29, 0.717) is 5.41 Å². The number of rotatable bonds is 7. The van der Waals surface area contributed by atoms with E-state index in [1.807, 2.05) is 0 Å². The predicted molar refractivity (Wildman–Crippen MR) is 85.7 cm³/mol. The van der Waals surface area contributed by atoms with E-state index in [9.17, 15) is 0 Å². The zero-order valence-corrected chi connectivity index (χ0v) is 14.0. The maximum Gasteiger partial charge on any atom is 0.00967 e. The monoisotopic (exact) mass is 268 g/mol. The van der Waals surface area contributed by atoms with Crippen molar-refractivity contribution in [3.63, 3.8) is 0 Å². The van der Waals surface area contributed by atoms with Crippen LogP contribution in [0.5, 0.6) is 0 Å². The molecule has 1 saturated carbocycles. The highest BCUT2D eigenvalue weighted by Gasteiger charge is 2.34. The molecular weight excluding hydrogens is 232 g/mol. The van der Waals surface area contributed by atoms with Gasteiger partial charge in [-0.1, -0.05) is 33.1 Å². The van der Waals surface area contributed by atoms with Crippen molar-refractivity contribution in [2.45, 2.75) is 78.7 Å². The molecule has 0 atom stereocenters. The molecule has 0 saturated heterocycles. The van der Waals surface area contributed by atoms with E-state index >= 15 is 0 Å². The van der Waals surface area contributed by atoms with E-state index in [0.717, 1.165) is 0 Å². The third-order valence-electron chi connectivity index (χ3n) is 4.45. The fourth-order valence-electron chi connectivity index (χ4n) is 3.28. The van der Waals surface area contributed by atoms with Crippen molar-refractivity contribution in [1.82, 2.24) is 10.2 Å². The molecule has 19 heavy (non-hydrogen) atoms. The summed E-state index contributed by atoms with van der Waals surface area (Å²) < 4.78 is 0. The molecule has 1 aliphatic rings. The topological polar surface area (TPSA) is 15.3 Å². The third-order valence-corrected chi connectivity index (χ3v) is 4.45. The first-order chi connectivity index (χ1) is 8.91. The van der Waals surface area contributed by atoms with Gasteiger partial charge in [-0.2, -0.15) is 0 Å². The van der Waals surface area contributed by atoms with Crippen molar-refractivity contribution in [3.8, 4) is 0 Å². The summed E-state index contributed by atoms with van der Waals surface area (Å²) in [6.45, 7) is 16.4. The Hall–Kier alpha value is -0.0800. The van der Waals surface area contributed by atoms with Crippen molar-refractivity contribution in [3.05, 3.63) is 0 Å². The molecule has 0 spiro atoms. The molecule has 2 heteroatoms. The van der Waals surface area contributed by atoms with E-state index in [1.54, 1.807) is 0 Å². The average molecular weight is 268 g/mol. The Morgan fingerprint density at radius 3 is 2.16 bits per heavy atom. The molecule has 0 heterocycles. The zero-order valence-electron chi connectivity index (χ0n) is 14.0. The van der Waals surface area contributed by atoms with Crippen LogP contribution in [0.25, 0.3) is 0 Å². The fraction of sp³-hybridized carbons (Fsp3) is 1.00. The van der Waals surface area contributed by atoms with Crippen LogP contribution in [0.3, 0.4) is 0 Å². The van der Waals surface area contributed by atoms with Crippen LogP contribution in [0.2, 0.25) is 0 Å². The Morgan fingerprint density at radius 2 is 1.68 bits per heavy atom. The van der Waals surface area contributed by atoms with E-state index < -0.39 is 0 Å². The highest BCUT2D eigenvalue weighted by Crippen LogP contribution is 2.37. The molecule has 0 aliphatic heterocycles. The minimum Gasteiger partial charge on any atom is -0.311 e. The van der Waals surface area contributed by atoms with E-state index in [1.165, 1.54) is 64.7 Å². The second-order valence-corrected chi connectivity index (χ2v) is 7.53. The Bertz CT molecular complexity index is 236. The van der Waals surface area contributed by atoms with Crippen LogP contribution < -0.4 is 5.32 Å². The normalized spacial score (nSPS) is 19.9. The minimum absolute atomic E-state index is 0.242. The summed E-state index contributed by atoms with van der Waals surface area (Å²) in [4.78, 5) is 2.66. The van der Waals surface area contributed by atoms with Crippen LogP contribution >= 0.6 is 0 Å². The fourth-order valence-corrected chi connectivity index (χ4v) is 3.28. The molecule has 0 aromatic heterocycles.